The Hall–Kier alpha value is -5.06. The van der Waals surface area contributed by atoms with Gasteiger partial charge in [0, 0.05) is 229 Å². The Bertz CT molecular complexity index is 2800. The first kappa shape index (κ1) is 116. The van der Waals surface area contributed by atoms with Gasteiger partial charge in [0.2, 0.25) is 35.4 Å². The van der Waals surface area contributed by atoms with Crippen molar-refractivity contribution in [1.29, 1.82) is 0 Å². The number of nitrogens with two attached hydrogens (primary N) is 2. The van der Waals surface area contributed by atoms with Crippen molar-refractivity contribution >= 4 is 91.2 Å². The minimum absolute atomic E-state index is 0.00499. The van der Waals surface area contributed by atoms with Crippen LogP contribution in [0.1, 0.15) is 77.0 Å². The molecule has 0 aliphatic carbocycles. The topological polar surface area (TPSA) is 395 Å². The lowest BCUT2D eigenvalue weighted by molar-refractivity contribution is -0.145. The molecule has 0 saturated carbocycles. The third-order valence-electron chi connectivity index (χ3n) is 22.5. The highest BCUT2D eigenvalue weighted by Gasteiger charge is 2.27. The molecule has 123 heavy (non-hydrogen) atoms. The maximum absolute atomic E-state index is 13.1. The van der Waals surface area contributed by atoms with Gasteiger partial charge < -0.3 is 121 Å². The van der Waals surface area contributed by atoms with E-state index in [1.54, 1.807) is 0 Å². The molecule has 718 valence electrons. The molecule has 4 aliphatic heterocycles. The summed E-state index contributed by atoms with van der Waals surface area (Å²) in [5.41, 5.74) is 10.7. The first-order valence-corrected chi connectivity index (χ1v) is 46.7. The number of ether oxygens (including phenoxy) is 3. The van der Waals surface area contributed by atoms with Crippen molar-refractivity contribution < 1.29 is 67.3 Å². The normalized spacial score (nSPS) is 19.9. The van der Waals surface area contributed by atoms with Gasteiger partial charge in [-0.25, -0.2) is 14.4 Å². The highest BCUT2D eigenvalue weighted by molar-refractivity contribution is 9.09. The Kier molecular flexibility index (Phi) is 67.7. The van der Waals surface area contributed by atoms with Crippen molar-refractivity contribution in [3.63, 3.8) is 0 Å². The first-order valence-electron chi connectivity index (χ1n) is 44.5. The number of aliphatic carboxylic acids is 1. The van der Waals surface area contributed by atoms with Crippen LogP contribution in [-0.2, 0) is 62.2 Å². The maximum atomic E-state index is 13.1. The van der Waals surface area contributed by atoms with E-state index < -0.39 is 42.1 Å². The molecule has 0 aromatic carbocycles. The molecule has 0 radical (unpaired) electrons. The second-order valence-electron chi connectivity index (χ2n) is 33.7. The molecule has 4 fully saturated rings. The average Bonchev–Trinajstić information content (AvgIpc) is 0.956. The molecular weight excluding hydrogens is 1720 g/mol. The summed E-state index contributed by atoms with van der Waals surface area (Å²) in [6, 6.07) is -2.76. The lowest BCUT2D eigenvalue weighted by Gasteiger charge is -2.30. The van der Waals surface area contributed by atoms with E-state index in [-0.39, 0.29) is 65.2 Å². The number of likely N-dealkylation sites (N-methyl/N-ethyl adjacent to an activating group) is 12. The van der Waals surface area contributed by atoms with Gasteiger partial charge in [-0.2, -0.15) is 0 Å². The predicted octanol–water partition coefficient (Wildman–Crippen LogP) is -3.45. The summed E-state index contributed by atoms with van der Waals surface area (Å²) in [7, 11) is 29.6. The van der Waals surface area contributed by atoms with Crippen LogP contribution in [0.4, 0.5) is 0 Å². The van der Waals surface area contributed by atoms with Crippen LogP contribution in [0.15, 0.2) is 0 Å². The molecule has 4 rings (SSSR count). The van der Waals surface area contributed by atoms with Gasteiger partial charge >= 0.3 is 23.9 Å². The van der Waals surface area contributed by atoms with Gasteiger partial charge in [-0.1, -0.05) is 38.3 Å². The standard InChI is InChI=1S/C33H68N10O4.C32H66N10O4.C11H18Br2N2O4.C7H16N2O2/c1-36-12-16-38(3)20-24-42(25-21-39(4)17-13-36)28-31(44)34-11-9-8-10-30(33(46)47-7)35-32(45)29-43-26-22-40(5)18-14-37(2)15-19-41(6)23-27-43;1-35-11-15-37(3)19-23-41(24-20-38(4)16-12-35)27-30(43)33-10-8-7-9-29(32(45)46)34-31(44)28-42-25-21-39(5)17-13-36(2)14-18-40(6)22-26-42;1-19-11(18)8(15-10(17)7-13)4-2-3-5-14-9(16)6-12;1-11-7(10)6(9)4-2-3-5-8/h30H,8-29H2,1-7H3,(H,34,44)(H,35,45);29H,7-28H2,1-6H3,(H,33,43)(H,34,44)(H,45,46);8H,2-7H2,1H3,(H,14,16)(H,15,17);6H,2-5,8-9H2,1H3/t30-;29-;8-;/m000./s1. The molecule has 1 unspecified atom stereocenters. The number of esters is 3. The molecule has 6 amide bonds. The van der Waals surface area contributed by atoms with Gasteiger partial charge in [0.15, 0.2) is 0 Å². The van der Waals surface area contributed by atoms with Crippen molar-refractivity contribution in [3.05, 3.63) is 0 Å². The molecule has 0 aromatic rings. The van der Waals surface area contributed by atoms with E-state index >= 15 is 0 Å². The van der Waals surface area contributed by atoms with Crippen molar-refractivity contribution in [2.45, 2.75) is 101 Å². The van der Waals surface area contributed by atoms with Crippen molar-refractivity contribution in [3.8, 4) is 0 Å². The summed E-state index contributed by atoms with van der Waals surface area (Å²) >= 11 is 6.06. The van der Waals surface area contributed by atoms with Crippen LogP contribution in [-0.4, -0.2) is 545 Å². The number of hydrogen-bond acceptors (Lipinski definition) is 31. The highest BCUT2D eigenvalue weighted by atomic mass is 79.9. The maximum Gasteiger partial charge on any atom is 0.328 e. The SMILES string of the molecule is CN1CCN(C)CCN(CC(=O)NCCCC[C@H](NC(=O)CN2CCN(C)CCN(C)CCN(C)CC2)C(=O)O)CCN(C)CC1.COC(=O)C(N)CCCCN.COC(=O)[C@H](CCCCNC(=O)CBr)NC(=O)CBr.COC(=O)[C@H](CCCCNC(=O)CN1CCN(C)CCN(C)CCN(C)CC1)NC(=O)CN1CCN(C)CCN(C)CCN(C)CC1. The van der Waals surface area contributed by atoms with Gasteiger partial charge in [-0.05, 0) is 162 Å². The number of nitrogens with one attached hydrogen (secondary N) is 6. The van der Waals surface area contributed by atoms with E-state index in [0.717, 1.165) is 229 Å². The lowest BCUT2D eigenvalue weighted by Crippen LogP contribution is -2.49. The van der Waals surface area contributed by atoms with E-state index in [2.05, 4.69) is 236 Å². The summed E-state index contributed by atoms with van der Waals surface area (Å²) in [4.78, 5) is 157. The van der Waals surface area contributed by atoms with E-state index in [9.17, 15) is 53.1 Å². The van der Waals surface area contributed by atoms with Crippen molar-refractivity contribution in [2.24, 2.45) is 11.5 Å². The summed E-state index contributed by atoms with van der Waals surface area (Å²) < 4.78 is 14.1. The number of carbonyl (C=O) groups excluding carboxylic acids is 9. The van der Waals surface area contributed by atoms with E-state index in [4.69, 9.17) is 16.2 Å². The summed E-state index contributed by atoms with van der Waals surface area (Å²) in [6.45, 7) is 33.1. The molecule has 38 nitrogen and oxygen atoms in total. The minimum atomic E-state index is -1.02. The monoisotopic (exact) mass is 1880 g/mol. The summed E-state index contributed by atoms with van der Waals surface area (Å²) in [5, 5.41) is 27.2. The van der Waals surface area contributed by atoms with Crippen LogP contribution >= 0.6 is 31.9 Å². The van der Waals surface area contributed by atoms with Crippen LogP contribution in [0.2, 0.25) is 0 Å². The van der Waals surface area contributed by atoms with E-state index in [1.807, 2.05) is 0 Å². The number of carboxylic acids is 1. The molecular formula is C83H168Br2N24O14. The second kappa shape index (κ2) is 71.8. The third kappa shape index (κ3) is 61.9. The molecule has 4 aliphatic rings. The van der Waals surface area contributed by atoms with Crippen LogP contribution in [0, 0.1) is 0 Å². The smallest absolute Gasteiger partial charge is 0.328 e. The lowest BCUT2D eigenvalue weighted by atomic mass is 10.1. The number of carboxylic acid groups (broad SMARTS) is 1. The van der Waals surface area contributed by atoms with Gasteiger partial charge in [-0.15, -0.1) is 0 Å². The molecule has 4 atom stereocenters. The Morgan fingerprint density at radius 3 is 0.740 bits per heavy atom. The molecule has 11 N–H and O–H groups in total. The Balaban J connectivity index is 0.000000925. The number of rotatable bonds is 36. The second-order valence-corrected chi connectivity index (χ2v) is 34.8. The number of carbonyl (C=O) groups is 10. The summed E-state index contributed by atoms with van der Waals surface area (Å²) in [6.07, 6.45) is 7.81. The zero-order valence-electron chi connectivity index (χ0n) is 78.3. The fraction of sp³-hybridized carbons (Fsp3) is 0.880. The fourth-order valence-electron chi connectivity index (χ4n) is 13.3. The zero-order chi connectivity index (χ0) is 91.9. The average molecular weight is 1890 g/mol. The zero-order valence-corrected chi connectivity index (χ0v) is 81.5. The number of halogens is 2. The van der Waals surface area contributed by atoms with E-state index in [1.165, 1.54) is 21.3 Å². The van der Waals surface area contributed by atoms with E-state index in [0.29, 0.717) is 97.1 Å². The van der Waals surface area contributed by atoms with Crippen molar-refractivity contribution in [2.75, 3.05) is 378 Å². The van der Waals surface area contributed by atoms with Gasteiger partial charge in [0.25, 0.3) is 0 Å². The third-order valence-corrected chi connectivity index (χ3v) is 23.5. The van der Waals surface area contributed by atoms with Crippen LogP contribution < -0.4 is 43.4 Å². The summed E-state index contributed by atoms with van der Waals surface area (Å²) in [5.74, 6) is -3.00. The minimum Gasteiger partial charge on any atom is -0.480 e. The fourth-order valence-corrected chi connectivity index (χ4v) is 13.6. The van der Waals surface area contributed by atoms with Crippen LogP contribution in [0.25, 0.3) is 0 Å². The molecule has 0 bridgehead atoms. The van der Waals surface area contributed by atoms with Crippen LogP contribution in [0.3, 0.4) is 0 Å². The number of nitrogens with zero attached hydrogens (tertiary/aromatic N) is 16. The van der Waals surface area contributed by atoms with Crippen molar-refractivity contribution in [1.82, 2.24) is 110 Å². The quantitative estimate of drug-likeness (QED) is 0.0127. The highest BCUT2D eigenvalue weighted by Crippen LogP contribution is 2.10. The van der Waals surface area contributed by atoms with Gasteiger partial charge in [-0.3, -0.25) is 53.2 Å². The molecule has 0 aromatic heterocycles. The van der Waals surface area contributed by atoms with Crippen LogP contribution in [0.5, 0.6) is 0 Å². The van der Waals surface area contributed by atoms with Gasteiger partial charge in [0.1, 0.15) is 24.2 Å². The largest absolute Gasteiger partial charge is 0.480 e. The Morgan fingerprint density at radius 1 is 0.293 bits per heavy atom. The number of hydrogen-bond donors (Lipinski definition) is 9. The Morgan fingerprint density at radius 2 is 0.504 bits per heavy atom. The molecule has 4 heterocycles. The number of unbranched alkanes of at least 4 members (excludes halogenated alkanes) is 4. The Labute approximate surface area is 755 Å². The predicted molar refractivity (Wildman–Crippen MR) is 494 cm³/mol. The molecule has 0 spiro atoms. The first-order chi connectivity index (χ1) is 58.6. The molecule has 40 heteroatoms. The number of methoxy groups -OCH3 is 3. The van der Waals surface area contributed by atoms with Gasteiger partial charge in [0.05, 0.1) is 58.2 Å². The molecule has 4 saturated heterocycles. The number of amides is 6. The number of alkyl halides is 2.